The molecular formula is C15H19Cl2N3O4. The van der Waals surface area contributed by atoms with E-state index in [2.05, 4.69) is 10.6 Å². The Morgan fingerprint density at radius 3 is 2.58 bits per heavy atom. The summed E-state index contributed by atoms with van der Waals surface area (Å²) in [6.45, 7) is 3.40. The normalized spacial score (nSPS) is 11.5. The number of nitrogens with two attached hydrogens (primary N) is 1. The molecule has 0 aliphatic heterocycles. The predicted molar refractivity (Wildman–Crippen MR) is 92.1 cm³/mol. The third-order valence-corrected chi connectivity index (χ3v) is 3.50. The molecule has 7 nitrogen and oxygen atoms in total. The van der Waals surface area contributed by atoms with Crippen LogP contribution in [-0.4, -0.2) is 37.0 Å². The number of nitrogens with one attached hydrogen (secondary N) is 2. The summed E-state index contributed by atoms with van der Waals surface area (Å²) in [5.74, 6) is -1.77. The summed E-state index contributed by atoms with van der Waals surface area (Å²) in [7, 11) is 0. The Labute approximate surface area is 149 Å². The van der Waals surface area contributed by atoms with Gasteiger partial charge in [0.15, 0.2) is 6.61 Å². The summed E-state index contributed by atoms with van der Waals surface area (Å²) in [6, 6.07) is 1.94. The van der Waals surface area contributed by atoms with E-state index in [9.17, 15) is 14.4 Å². The molecule has 0 radical (unpaired) electrons. The Kier molecular flexibility index (Phi) is 7.81. The zero-order valence-electron chi connectivity index (χ0n) is 13.3. The van der Waals surface area contributed by atoms with Gasteiger partial charge >= 0.3 is 5.97 Å². The number of ether oxygens (including phenoxy) is 1. The van der Waals surface area contributed by atoms with Crippen LogP contribution in [-0.2, 0) is 14.3 Å². The SMILES string of the molecule is CCCNC(=O)[C@H](C)NC(=O)COC(=O)c1cc(Cl)cc(Cl)c1N. The number of halogens is 2. The summed E-state index contributed by atoms with van der Waals surface area (Å²) in [6.07, 6.45) is 0.785. The van der Waals surface area contributed by atoms with Crippen LogP contribution in [0.3, 0.4) is 0 Å². The lowest BCUT2D eigenvalue weighted by Crippen LogP contribution is -2.46. The monoisotopic (exact) mass is 375 g/mol. The van der Waals surface area contributed by atoms with Gasteiger partial charge in [0.1, 0.15) is 6.04 Å². The van der Waals surface area contributed by atoms with Crippen molar-refractivity contribution in [1.82, 2.24) is 10.6 Å². The molecule has 9 heteroatoms. The van der Waals surface area contributed by atoms with Crippen molar-refractivity contribution in [3.8, 4) is 0 Å². The molecule has 0 aliphatic carbocycles. The van der Waals surface area contributed by atoms with Crippen molar-refractivity contribution < 1.29 is 19.1 Å². The van der Waals surface area contributed by atoms with Crippen molar-refractivity contribution in [3.05, 3.63) is 27.7 Å². The van der Waals surface area contributed by atoms with Crippen LogP contribution in [0.15, 0.2) is 12.1 Å². The van der Waals surface area contributed by atoms with Gasteiger partial charge < -0.3 is 21.1 Å². The number of rotatable bonds is 7. The molecule has 0 saturated heterocycles. The summed E-state index contributed by atoms with van der Waals surface area (Å²) >= 11 is 11.6. The molecule has 1 atom stereocenters. The quantitative estimate of drug-likeness (QED) is 0.496. The van der Waals surface area contributed by atoms with Crippen molar-refractivity contribution in [1.29, 1.82) is 0 Å². The lowest BCUT2D eigenvalue weighted by molar-refractivity contribution is -0.130. The zero-order valence-corrected chi connectivity index (χ0v) is 14.8. The Balaban J connectivity index is 2.55. The highest BCUT2D eigenvalue weighted by atomic mass is 35.5. The maximum atomic E-state index is 12.0. The van der Waals surface area contributed by atoms with Crippen LogP contribution in [0.4, 0.5) is 5.69 Å². The Hall–Kier alpha value is -1.99. The van der Waals surface area contributed by atoms with E-state index >= 15 is 0 Å². The summed E-state index contributed by atoms with van der Waals surface area (Å²) in [4.78, 5) is 35.3. The number of nitrogen functional groups attached to an aromatic ring is 1. The Morgan fingerprint density at radius 1 is 1.29 bits per heavy atom. The summed E-state index contributed by atoms with van der Waals surface area (Å²) < 4.78 is 4.86. The van der Waals surface area contributed by atoms with Crippen LogP contribution < -0.4 is 16.4 Å². The van der Waals surface area contributed by atoms with Crippen LogP contribution in [0.2, 0.25) is 10.0 Å². The Morgan fingerprint density at radius 2 is 1.96 bits per heavy atom. The molecule has 0 bridgehead atoms. The number of carbonyl (C=O) groups excluding carboxylic acids is 3. The predicted octanol–water partition coefficient (Wildman–Crippen LogP) is 1.76. The average molecular weight is 376 g/mol. The van der Waals surface area contributed by atoms with Gasteiger partial charge in [-0.3, -0.25) is 9.59 Å². The molecule has 24 heavy (non-hydrogen) atoms. The number of anilines is 1. The van der Waals surface area contributed by atoms with Crippen LogP contribution in [0, 0.1) is 0 Å². The fraction of sp³-hybridized carbons (Fsp3) is 0.400. The number of carbonyl (C=O) groups is 3. The molecule has 0 saturated carbocycles. The third-order valence-electron chi connectivity index (χ3n) is 2.97. The number of amides is 2. The molecule has 0 heterocycles. The fourth-order valence-electron chi connectivity index (χ4n) is 1.71. The van der Waals surface area contributed by atoms with Crippen LogP contribution in [0.25, 0.3) is 0 Å². The van der Waals surface area contributed by atoms with Gasteiger partial charge in [0.25, 0.3) is 5.91 Å². The third kappa shape index (κ3) is 5.90. The van der Waals surface area contributed by atoms with E-state index in [0.29, 0.717) is 6.54 Å². The second-order valence-electron chi connectivity index (χ2n) is 5.01. The minimum atomic E-state index is -0.838. The van der Waals surface area contributed by atoms with Crippen molar-refractivity contribution in [3.63, 3.8) is 0 Å². The number of benzene rings is 1. The highest BCUT2D eigenvalue weighted by molar-refractivity contribution is 6.37. The second-order valence-corrected chi connectivity index (χ2v) is 5.85. The molecule has 132 valence electrons. The number of esters is 1. The molecule has 4 N–H and O–H groups in total. The van der Waals surface area contributed by atoms with E-state index in [-0.39, 0.29) is 27.2 Å². The van der Waals surface area contributed by atoms with Gasteiger partial charge in [-0.2, -0.15) is 0 Å². The highest BCUT2D eigenvalue weighted by Gasteiger charge is 2.19. The highest BCUT2D eigenvalue weighted by Crippen LogP contribution is 2.27. The smallest absolute Gasteiger partial charge is 0.340 e. The summed E-state index contributed by atoms with van der Waals surface area (Å²) in [5, 5.41) is 5.39. The minimum absolute atomic E-state index is 0.0128. The van der Waals surface area contributed by atoms with Gasteiger partial charge in [0, 0.05) is 11.6 Å². The van der Waals surface area contributed by atoms with Gasteiger partial charge in [-0.15, -0.1) is 0 Å². The van der Waals surface area contributed by atoms with E-state index in [1.807, 2.05) is 6.92 Å². The molecule has 0 unspecified atom stereocenters. The van der Waals surface area contributed by atoms with Crippen LogP contribution >= 0.6 is 23.2 Å². The van der Waals surface area contributed by atoms with E-state index in [4.69, 9.17) is 33.7 Å². The van der Waals surface area contributed by atoms with E-state index in [0.717, 1.165) is 6.42 Å². The molecule has 1 aromatic rings. The van der Waals surface area contributed by atoms with Crippen LogP contribution in [0.1, 0.15) is 30.6 Å². The number of hydrogen-bond donors (Lipinski definition) is 3. The molecule has 0 aliphatic rings. The first kappa shape index (κ1) is 20.1. The van der Waals surface area contributed by atoms with Crippen LogP contribution in [0.5, 0.6) is 0 Å². The standard InChI is InChI=1S/C15H19Cl2N3O4/c1-3-4-19-14(22)8(2)20-12(21)7-24-15(23)10-5-9(16)6-11(17)13(10)18/h5-6,8H,3-4,7,18H2,1-2H3,(H,19,22)(H,20,21)/t8-/m0/s1. The van der Waals surface area contributed by atoms with Gasteiger partial charge in [0.2, 0.25) is 5.91 Å². The second kappa shape index (κ2) is 9.34. The molecule has 0 spiro atoms. The molecule has 0 aromatic heterocycles. The lowest BCUT2D eigenvalue weighted by atomic mass is 10.2. The minimum Gasteiger partial charge on any atom is -0.452 e. The van der Waals surface area contributed by atoms with Gasteiger partial charge in [-0.25, -0.2) is 4.79 Å². The first-order valence-corrected chi connectivity index (χ1v) is 8.00. The fourth-order valence-corrected chi connectivity index (χ4v) is 2.21. The maximum Gasteiger partial charge on any atom is 0.340 e. The number of hydrogen-bond acceptors (Lipinski definition) is 5. The summed E-state index contributed by atoms with van der Waals surface area (Å²) in [5.41, 5.74) is 5.66. The van der Waals surface area contributed by atoms with E-state index < -0.39 is 24.5 Å². The lowest BCUT2D eigenvalue weighted by Gasteiger charge is -2.14. The first-order valence-electron chi connectivity index (χ1n) is 7.25. The molecule has 1 aromatic carbocycles. The van der Waals surface area contributed by atoms with Crippen molar-refractivity contribution >= 4 is 46.7 Å². The van der Waals surface area contributed by atoms with Crippen molar-refractivity contribution in [2.45, 2.75) is 26.3 Å². The van der Waals surface area contributed by atoms with Crippen molar-refractivity contribution in [2.75, 3.05) is 18.9 Å². The molecular weight excluding hydrogens is 357 g/mol. The molecule has 0 fully saturated rings. The molecule has 2 amide bonds. The topological polar surface area (TPSA) is 111 Å². The van der Waals surface area contributed by atoms with Crippen molar-refractivity contribution in [2.24, 2.45) is 0 Å². The van der Waals surface area contributed by atoms with E-state index in [1.165, 1.54) is 19.1 Å². The van der Waals surface area contributed by atoms with Gasteiger partial charge in [-0.05, 0) is 25.5 Å². The largest absolute Gasteiger partial charge is 0.452 e. The maximum absolute atomic E-state index is 12.0. The van der Waals surface area contributed by atoms with Gasteiger partial charge in [-0.1, -0.05) is 30.1 Å². The van der Waals surface area contributed by atoms with E-state index in [1.54, 1.807) is 0 Å². The molecule has 1 rings (SSSR count). The zero-order chi connectivity index (χ0) is 18.3. The first-order chi connectivity index (χ1) is 11.3. The van der Waals surface area contributed by atoms with Gasteiger partial charge in [0.05, 0.1) is 16.3 Å². The average Bonchev–Trinajstić information content (AvgIpc) is 2.53. The Bertz CT molecular complexity index is 637.